The zero-order valence-electron chi connectivity index (χ0n) is 4.65. The van der Waals surface area contributed by atoms with Crippen molar-refractivity contribution in [3.8, 4) is 0 Å². The first kappa shape index (κ1) is 4.49. The Morgan fingerprint density at radius 3 is 3.33 bits per heavy atom. The lowest BCUT2D eigenvalue weighted by Gasteiger charge is -1.83. The molecule has 3 nitrogen and oxygen atoms in total. The van der Waals surface area contributed by atoms with E-state index in [0.29, 0.717) is 0 Å². The summed E-state index contributed by atoms with van der Waals surface area (Å²) in [5.41, 5.74) is 0.831. The number of fused-ring (bicyclic) bond motifs is 1. The molecule has 0 saturated heterocycles. The standard InChI is InChI=1S/C6H4N3/c1-2-4-9-5-7-8-6(9)3-1/h1-4H. The normalized spacial score (nSPS) is 10.2. The van der Waals surface area contributed by atoms with E-state index in [9.17, 15) is 0 Å². The van der Waals surface area contributed by atoms with Crippen LogP contribution in [0.2, 0.25) is 0 Å². The third-order valence-corrected chi connectivity index (χ3v) is 1.14. The van der Waals surface area contributed by atoms with Crippen LogP contribution >= 0.6 is 0 Å². The van der Waals surface area contributed by atoms with E-state index < -0.39 is 0 Å². The van der Waals surface area contributed by atoms with E-state index in [1.54, 1.807) is 4.40 Å². The zero-order chi connectivity index (χ0) is 6.10. The van der Waals surface area contributed by atoms with E-state index in [4.69, 9.17) is 0 Å². The monoisotopic (exact) mass is 118 g/mol. The Labute approximate surface area is 52.0 Å². The number of hydrogen-bond donors (Lipinski definition) is 0. The van der Waals surface area contributed by atoms with Crippen LogP contribution in [0, 0.1) is 6.33 Å². The van der Waals surface area contributed by atoms with Crippen molar-refractivity contribution in [2.24, 2.45) is 0 Å². The summed E-state index contributed by atoms with van der Waals surface area (Å²) in [5, 5.41) is 7.37. The molecular weight excluding hydrogens is 114 g/mol. The maximum atomic E-state index is 3.78. The van der Waals surface area contributed by atoms with E-state index in [1.807, 2.05) is 24.4 Å². The molecule has 1 radical (unpaired) electrons. The van der Waals surface area contributed by atoms with Gasteiger partial charge < -0.3 is 0 Å². The molecule has 0 amide bonds. The maximum Gasteiger partial charge on any atom is 0.206 e. The molecule has 0 aromatic carbocycles. The molecule has 2 aromatic heterocycles. The van der Waals surface area contributed by atoms with Crippen LogP contribution in [0.5, 0.6) is 0 Å². The van der Waals surface area contributed by atoms with E-state index >= 15 is 0 Å². The van der Waals surface area contributed by atoms with Crippen LogP contribution in [0.15, 0.2) is 24.4 Å². The third kappa shape index (κ3) is 0.579. The van der Waals surface area contributed by atoms with E-state index in [1.165, 1.54) is 0 Å². The highest BCUT2D eigenvalue weighted by atomic mass is 15.2. The van der Waals surface area contributed by atoms with Crippen molar-refractivity contribution >= 4 is 5.65 Å². The first-order valence-corrected chi connectivity index (χ1v) is 2.64. The molecule has 2 rings (SSSR count). The highest BCUT2D eigenvalue weighted by Crippen LogP contribution is 1.93. The third-order valence-electron chi connectivity index (χ3n) is 1.14. The predicted molar refractivity (Wildman–Crippen MR) is 31.8 cm³/mol. The van der Waals surface area contributed by atoms with Crippen LogP contribution in [0.1, 0.15) is 0 Å². The molecule has 0 fully saturated rings. The van der Waals surface area contributed by atoms with Crippen molar-refractivity contribution < 1.29 is 0 Å². The summed E-state index contributed by atoms with van der Waals surface area (Å²) in [6.07, 6.45) is 4.53. The minimum absolute atomic E-state index is 0.831. The van der Waals surface area contributed by atoms with Gasteiger partial charge in [-0.25, -0.2) is 0 Å². The Hall–Kier alpha value is -1.38. The molecule has 0 aliphatic heterocycles. The average molecular weight is 118 g/mol. The molecule has 0 aliphatic rings. The molecule has 9 heavy (non-hydrogen) atoms. The van der Waals surface area contributed by atoms with Gasteiger partial charge in [-0.15, -0.1) is 10.2 Å². The van der Waals surface area contributed by atoms with E-state index in [0.717, 1.165) is 5.65 Å². The van der Waals surface area contributed by atoms with Crippen molar-refractivity contribution in [1.82, 2.24) is 14.6 Å². The Kier molecular flexibility index (Phi) is 0.773. The summed E-state index contributed by atoms with van der Waals surface area (Å²) in [4.78, 5) is 0. The Balaban J connectivity index is 2.95. The molecule has 3 heteroatoms. The fourth-order valence-corrected chi connectivity index (χ4v) is 0.722. The van der Waals surface area contributed by atoms with Crippen LogP contribution < -0.4 is 0 Å². The molecule has 2 heterocycles. The summed E-state index contributed by atoms with van der Waals surface area (Å²) in [6.45, 7) is 0. The Morgan fingerprint density at radius 2 is 2.44 bits per heavy atom. The highest BCUT2D eigenvalue weighted by Gasteiger charge is 1.88. The summed E-state index contributed by atoms with van der Waals surface area (Å²) < 4.78 is 1.74. The van der Waals surface area contributed by atoms with Crippen molar-refractivity contribution in [1.29, 1.82) is 0 Å². The Morgan fingerprint density at radius 1 is 1.44 bits per heavy atom. The first-order chi connectivity index (χ1) is 4.47. The number of aromatic nitrogens is 3. The fourth-order valence-electron chi connectivity index (χ4n) is 0.722. The van der Waals surface area contributed by atoms with Crippen molar-refractivity contribution in [3.05, 3.63) is 30.7 Å². The number of pyridine rings is 1. The van der Waals surface area contributed by atoms with Gasteiger partial charge in [-0.05, 0) is 12.1 Å². The zero-order valence-corrected chi connectivity index (χ0v) is 4.65. The smallest absolute Gasteiger partial charge is 0.206 e. The molecule has 0 unspecified atom stereocenters. The molecule has 0 saturated carbocycles. The second-order valence-corrected chi connectivity index (χ2v) is 1.73. The van der Waals surface area contributed by atoms with Crippen LogP contribution in [0.4, 0.5) is 0 Å². The van der Waals surface area contributed by atoms with Gasteiger partial charge in [0.1, 0.15) is 0 Å². The molecule has 0 atom stereocenters. The van der Waals surface area contributed by atoms with Crippen molar-refractivity contribution in [2.75, 3.05) is 0 Å². The summed E-state index contributed by atoms with van der Waals surface area (Å²) in [5.74, 6) is 0. The molecule has 0 bridgehead atoms. The second-order valence-electron chi connectivity index (χ2n) is 1.73. The molecule has 43 valence electrons. The SMILES string of the molecule is [c]1nnc2ccccn12. The lowest BCUT2D eigenvalue weighted by Crippen LogP contribution is -1.78. The summed E-state index contributed by atoms with van der Waals surface area (Å²) in [7, 11) is 0. The Bertz CT molecular complexity index is 282. The second kappa shape index (κ2) is 1.55. The molecule has 2 aromatic rings. The van der Waals surface area contributed by atoms with Gasteiger partial charge in [-0.3, -0.25) is 4.40 Å². The summed E-state index contributed by atoms with van der Waals surface area (Å²) in [6, 6.07) is 5.70. The molecular formula is C6H4N3. The van der Waals surface area contributed by atoms with E-state index in [2.05, 4.69) is 16.5 Å². The number of hydrogen-bond acceptors (Lipinski definition) is 2. The summed E-state index contributed by atoms with van der Waals surface area (Å²) >= 11 is 0. The molecule has 0 spiro atoms. The van der Waals surface area contributed by atoms with Gasteiger partial charge in [-0.2, -0.15) is 0 Å². The predicted octanol–water partition coefficient (Wildman–Crippen LogP) is 0.529. The van der Waals surface area contributed by atoms with Gasteiger partial charge in [-0.1, -0.05) is 6.07 Å². The molecule has 0 aliphatic carbocycles. The van der Waals surface area contributed by atoms with Crippen LogP contribution in [-0.4, -0.2) is 14.6 Å². The minimum Gasteiger partial charge on any atom is -0.280 e. The number of rotatable bonds is 0. The number of nitrogens with zero attached hydrogens (tertiary/aromatic N) is 3. The van der Waals surface area contributed by atoms with Gasteiger partial charge in [0, 0.05) is 6.20 Å². The van der Waals surface area contributed by atoms with Gasteiger partial charge in [0.25, 0.3) is 0 Å². The molecule has 0 N–H and O–H groups in total. The minimum atomic E-state index is 0.831. The van der Waals surface area contributed by atoms with Crippen LogP contribution in [0.25, 0.3) is 5.65 Å². The van der Waals surface area contributed by atoms with Gasteiger partial charge in [0.2, 0.25) is 6.33 Å². The van der Waals surface area contributed by atoms with Gasteiger partial charge in [0.15, 0.2) is 5.65 Å². The topological polar surface area (TPSA) is 30.2 Å². The average Bonchev–Trinajstić information content (AvgIpc) is 2.33. The quantitative estimate of drug-likeness (QED) is 0.505. The first-order valence-electron chi connectivity index (χ1n) is 2.64. The van der Waals surface area contributed by atoms with Gasteiger partial charge in [0.05, 0.1) is 0 Å². The lowest BCUT2D eigenvalue weighted by molar-refractivity contribution is 1.09. The van der Waals surface area contributed by atoms with E-state index in [-0.39, 0.29) is 0 Å². The fraction of sp³-hybridized carbons (Fsp3) is 0. The highest BCUT2D eigenvalue weighted by molar-refractivity contribution is 5.34. The van der Waals surface area contributed by atoms with Crippen LogP contribution in [0.3, 0.4) is 0 Å². The van der Waals surface area contributed by atoms with Crippen molar-refractivity contribution in [3.63, 3.8) is 0 Å². The van der Waals surface area contributed by atoms with Crippen molar-refractivity contribution in [2.45, 2.75) is 0 Å². The largest absolute Gasteiger partial charge is 0.280 e. The van der Waals surface area contributed by atoms with Gasteiger partial charge >= 0.3 is 0 Å². The van der Waals surface area contributed by atoms with Crippen LogP contribution in [-0.2, 0) is 0 Å². The maximum absolute atomic E-state index is 3.78. The lowest BCUT2D eigenvalue weighted by atomic mass is 10.5.